The van der Waals surface area contributed by atoms with Crippen molar-refractivity contribution in [3.05, 3.63) is 35.9 Å². The Morgan fingerprint density at radius 2 is 2.00 bits per heavy atom. The molecule has 0 bridgehead atoms. The first kappa shape index (κ1) is 15.4. The Morgan fingerprint density at radius 3 is 2.58 bits per heavy atom. The van der Waals surface area contributed by atoms with Crippen LogP contribution in [-0.4, -0.2) is 29.6 Å². The first-order valence-corrected chi connectivity index (χ1v) is 5.76. The number of nitrogens with one attached hydrogen (secondary N) is 2. The van der Waals surface area contributed by atoms with Crippen LogP contribution in [0.3, 0.4) is 0 Å². The van der Waals surface area contributed by atoms with Gasteiger partial charge in [0, 0.05) is 19.5 Å². The van der Waals surface area contributed by atoms with Crippen molar-refractivity contribution in [2.45, 2.75) is 12.5 Å². The molecule has 1 amide bonds. The molecule has 8 heteroatoms. The van der Waals surface area contributed by atoms with Crippen molar-refractivity contribution in [1.82, 2.24) is 10.8 Å². The summed E-state index contributed by atoms with van der Waals surface area (Å²) < 4.78 is 3.93. The van der Waals surface area contributed by atoms with E-state index in [1.165, 1.54) is 0 Å². The Hall–Kier alpha value is -1.61. The van der Waals surface area contributed by atoms with Crippen molar-refractivity contribution in [3.8, 4) is 0 Å². The molecular formula is C11H14N2O5S. The summed E-state index contributed by atoms with van der Waals surface area (Å²) in [6.45, 7) is -0.141. The van der Waals surface area contributed by atoms with Crippen LogP contribution in [0.4, 0.5) is 0 Å². The highest BCUT2D eigenvalue weighted by Crippen LogP contribution is 1.99. The van der Waals surface area contributed by atoms with Gasteiger partial charge < -0.3 is 10.4 Å². The highest BCUT2D eigenvalue weighted by atomic mass is 32.1. The first-order chi connectivity index (χ1) is 9.13. The van der Waals surface area contributed by atoms with Gasteiger partial charge in [-0.3, -0.25) is 9.59 Å². The maximum atomic E-state index is 11.6. The van der Waals surface area contributed by atoms with Gasteiger partial charge in [0.15, 0.2) is 0 Å². The molecule has 0 saturated carbocycles. The number of hydrogen-bond acceptors (Lipinski definition) is 6. The van der Waals surface area contributed by atoms with E-state index in [0.717, 1.165) is 5.56 Å². The van der Waals surface area contributed by atoms with Gasteiger partial charge in [-0.15, -0.1) is 9.32 Å². The minimum Gasteiger partial charge on any atom is -0.480 e. The van der Waals surface area contributed by atoms with Crippen LogP contribution >= 0.6 is 12.9 Å². The zero-order chi connectivity index (χ0) is 14.1. The number of amides is 1. The summed E-state index contributed by atoms with van der Waals surface area (Å²) in [5.41, 5.74) is 2.92. The van der Waals surface area contributed by atoms with E-state index in [9.17, 15) is 9.59 Å². The minimum absolute atomic E-state index is 0.141. The number of carboxylic acid groups (broad SMARTS) is 1. The Labute approximate surface area is 115 Å². The highest BCUT2D eigenvalue weighted by molar-refractivity contribution is 7.74. The molecule has 0 radical (unpaired) electrons. The van der Waals surface area contributed by atoms with E-state index >= 15 is 0 Å². The summed E-state index contributed by atoms with van der Waals surface area (Å²) in [5.74, 6) is -1.48. The lowest BCUT2D eigenvalue weighted by atomic mass is 10.1. The number of thiol groups is 1. The van der Waals surface area contributed by atoms with Crippen LogP contribution in [0.15, 0.2) is 30.3 Å². The second kappa shape index (κ2) is 8.48. The molecule has 0 fully saturated rings. The molecule has 0 spiro atoms. The molecule has 1 unspecified atom stereocenters. The van der Waals surface area contributed by atoms with Crippen LogP contribution in [0, 0.1) is 0 Å². The number of hydrogen-bond donors (Lipinski definition) is 4. The van der Waals surface area contributed by atoms with Gasteiger partial charge in [0.1, 0.15) is 6.04 Å². The molecular weight excluding hydrogens is 272 g/mol. The van der Waals surface area contributed by atoms with Gasteiger partial charge in [-0.2, -0.15) is 5.48 Å². The smallest absolute Gasteiger partial charge is 0.325 e. The van der Waals surface area contributed by atoms with Crippen LogP contribution in [0.5, 0.6) is 0 Å². The fraction of sp³-hybridized carbons (Fsp3) is 0.273. The lowest BCUT2D eigenvalue weighted by molar-refractivity contribution is -0.251. The molecule has 0 aromatic heterocycles. The second-order valence-electron chi connectivity index (χ2n) is 3.63. The van der Waals surface area contributed by atoms with Gasteiger partial charge in [0.2, 0.25) is 5.91 Å². The molecule has 104 valence electrons. The normalized spacial score (nSPS) is 11.8. The monoisotopic (exact) mass is 286 g/mol. The third-order valence-corrected chi connectivity index (χ3v) is 2.31. The lowest BCUT2D eigenvalue weighted by Gasteiger charge is -2.13. The fourth-order valence-electron chi connectivity index (χ4n) is 1.32. The molecule has 0 aliphatic carbocycles. The topological polar surface area (TPSA) is 96.9 Å². The standard InChI is InChI=1S/C11H14N2O5S/c14-10(6-8-4-2-1-3-5-8)12-7-9(11(15)16)13-17-18-19/h1-5,9,13,19H,6-7H2,(H,12,14)(H,15,16). The van der Waals surface area contributed by atoms with Crippen LogP contribution in [0.2, 0.25) is 0 Å². The summed E-state index contributed by atoms with van der Waals surface area (Å²) in [7, 11) is 0. The van der Waals surface area contributed by atoms with E-state index < -0.39 is 12.0 Å². The van der Waals surface area contributed by atoms with Gasteiger partial charge in [-0.1, -0.05) is 30.3 Å². The lowest BCUT2D eigenvalue weighted by Crippen LogP contribution is -2.46. The summed E-state index contributed by atoms with van der Waals surface area (Å²) in [6.07, 6.45) is 0.178. The van der Waals surface area contributed by atoms with Crippen LogP contribution in [-0.2, 0) is 25.3 Å². The van der Waals surface area contributed by atoms with Gasteiger partial charge in [-0.05, 0) is 5.56 Å². The number of rotatable bonds is 8. The van der Waals surface area contributed by atoms with Gasteiger partial charge in [-0.25, -0.2) is 0 Å². The predicted molar refractivity (Wildman–Crippen MR) is 68.9 cm³/mol. The maximum absolute atomic E-state index is 11.6. The van der Waals surface area contributed by atoms with E-state index in [-0.39, 0.29) is 18.9 Å². The molecule has 0 aliphatic heterocycles. The third kappa shape index (κ3) is 6.20. The molecule has 0 saturated heterocycles. The fourth-order valence-corrected chi connectivity index (χ4v) is 1.36. The van der Waals surface area contributed by atoms with E-state index in [0.29, 0.717) is 0 Å². The summed E-state index contributed by atoms with van der Waals surface area (Å²) in [4.78, 5) is 26.6. The van der Waals surface area contributed by atoms with Crippen molar-refractivity contribution in [2.24, 2.45) is 0 Å². The van der Waals surface area contributed by atoms with E-state index in [4.69, 9.17) is 5.11 Å². The van der Waals surface area contributed by atoms with Crippen molar-refractivity contribution in [3.63, 3.8) is 0 Å². The van der Waals surface area contributed by atoms with Crippen molar-refractivity contribution >= 4 is 24.8 Å². The molecule has 1 aromatic rings. The number of carboxylic acids is 1. The number of carbonyl (C=O) groups is 2. The largest absolute Gasteiger partial charge is 0.480 e. The molecule has 1 rings (SSSR count). The Bertz CT molecular complexity index is 415. The molecule has 1 aromatic carbocycles. The van der Waals surface area contributed by atoms with E-state index in [1.807, 2.05) is 30.3 Å². The molecule has 3 N–H and O–H groups in total. The maximum Gasteiger partial charge on any atom is 0.325 e. The van der Waals surface area contributed by atoms with Crippen molar-refractivity contribution in [1.29, 1.82) is 0 Å². The SMILES string of the molecule is O=C(Cc1ccccc1)NCC(NOOS)C(=O)O. The minimum atomic E-state index is -1.19. The summed E-state index contributed by atoms with van der Waals surface area (Å²) in [6, 6.07) is 7.98. The average molecular weight is 286 g/mol. The van der Waals surface area contributed by atoms with Crippen LogP contribution in [0.25, 0.3) is 0 Å². The van der Waals surface area contributed by atoms with Gasteiger partial charge in [0.25, 0.3) is 0 Å². The molecule has 1 atom stereocenters. The zero-order valence-corrected chi connectivity index (χ0v) is 10.8. The average Bonchev–Trinajstić information content (AvgIpc) is 2.39. The number of aliphatic carboxylic acids is 1. The Morgan fingerprint density at radius 1 is 1.32 bits per heavy atom. The second-order valence-corrected chi connectivity index (χ2v) is 3.78. The van der Waals surface area contributed by atoms with Crippen LogP contribution < -0.4 is 10.8 Å². The first-order valence-electron chi connectivity index (χ1n) is 5.39. The summed E-state index contributed by atoms with van der Waals surface area (Å²) in [5, 5.41) is 11.3. The summed E-state index contributed by atoms with van der Waals surface area (Å²) >= 11 is 3.27. The van der Waals surface area contributed by atoms with Gasteiger partial charge >= 0.3 is 5.97 Å². The Kier molecular flexibility index (Phi) is 6.90. The Balaban J connectivity index is 2.37. The van der Waals surface area contributed by atoms with Crippen molar-refractivity contribution < 1.29 is 24.0 Å². The molecule has 19 heavy (non-hydrogen) atoms. The van der Waals surface area contributed by atoms with Crippen molar-refractivity contribution in [2.75, 3.05) is 6.54 Å². The highest BCUT2D eigenvalue weighted by Gasteiger charge is 2.18. The zero-order valence-electron chi connectivity index (χ0n) is 9.91. The van der Waals surface area contributed by atoms with Gasteiger partial charge in [0.05, 0.1) is 6.42 Å². The quantitative estimate of drug-likeness (QED) is 0.234. The van der Waals surface area contributed by atoms with E-state index in [1.54, 1.807) is 0 Å². The number of carbonyl (C=O) groups excluding carboxylic acids is 1. The third-order valence-electron chi connectivity index (χ3n) is 2.24. The number of benzene rings is 1. The molecule has 0 heterocycles. The molecule has 7 nitrogen and oxygen atoms in total. The molecule has 0 aliphatic rings. The predicted octanol–water partition coefficient (Wildman–Crippen LogP) is 0.0961. The number of hydroxylamine groups is 1. The van der Waals surface area contributed by atoms with E-state index in [2.05, 4.69) is 33.0 Å². The van der Waals surface area contributed by atoms with Crippen LogP contribution in [0.1, 0.15) is 5.56 Å².